The zero-order valence-corrected chi connectivity index (χ0v) is 59.3. The van der Waals surface area contributed by atoms with Crippen molar-refractivity contribution in [2.45, 2.75) is 322 Å². The molecule has 0 aromatic heterocycles. The van der Waals surface area contributed by atoms with Gasteiger partial charge in [0.1, 0.15) is 146 Å². The minimum atomic E-state index is -1.98. The number of hydrogen-bond donors (Lipinski definition) is 19. The average molecular weight is 1490 g/mol. The lowest BCUT2D eigenvalue weighted by atomic mass is 9.33. The summed E-state index contributed by atoms with van der Waals surface area (Å²) < 4.78 is 82.8. The quantitative estimate of drug-likeness (QED) is 0.0367. The van der Waals surface area contributed by atoms with Gasteiger partial charge in [0.25, 0.3) is 0 Å². The maximum absolute atomic E-state index is 15.2. The van der Waals surface area contributed by atoms with Crippen molar-refractivity contribution in [3.05, 3.63) is 11.6 Å². The molecule has 34 heteroatoms. The van der Waals surface area contributed by atoms with E-state index >= 15 is 4.79 Å². The molecule has 0 spiro atoms. The predicted octanol–water partition coefficient (Wildman–Crippen LogP) is -5.62. The van der Waals surface area contributed by atoms with Gasteiger partial charge in [0.15, 0.2) is 37.7 Å². The SMILES string of the molecule is C[C@@H]1O[C@@H](O[C@H]2[C@H](O[C@H]3CC[C@]4(C)[C@H]5CC=C6[C@@H]7CC(C)(C)CC[C@]7(C(=O)O[C@@H]7O[C@H](CO[C@@H]8O[C@H](CO)[C@@H](O)[C@H](O)[C@H]8O)[C@@H](O)[C@H](O)[C@H]7O)CC[C@@]6(C)[C@]5(C)CC[C@H]4C3(C)C)OC[C@H](O)[C@@H]2O)[C@H](O)[C@H](O[C@@H]2OC[C@@H](O[C@@H]3O[C@H](CO)[C@@H](O[C@@H]4OC[C@@H](O)[C@H](O)[C@H]4O)[C@H](O)[C@H]3O)[C@H](O)[C@H]2O)[C@H]1O. The fourth-order valence-electron chi connectivity index (χ4n) is 19.9. The van der Waals surface area contributed by atoms with Gasteiger partial charge in [-0.15, -0.1) is 0 Å². The lowest BCUT2D eigenvalue weighted by Crippen LogP contribution is -2.66. The molecule has 19 N–H and O–H groups in total. The second-order valence-corrected chi connectivity index (χ2v) is 33.4. The lowest BCUT2D eigenvalue weighted by Gasteiger charge is -2.71. The number of ether oxygens (including phenoxy) is 14. The first-order valence-corrected chi connectivity index (χ1v) is 36.4. The number of carbonyl (C=O) groups excluding carboxylic acids is 1. The summed E-state index contributed by atoms with van der Waals surface area (Å²) in [6.45, 7) is 13.7. The molecule has 12 rings (SSSR count). The van der Waals surface area contributed by atoms with Gasteiger partial charge in [-0.1, -0.05) is 60.1 Å². The number of aliphatic hydroxyl groups excluding tert-OH is 19. The van der Waals surface area contributed by atoms with E-state index in [1.165, 1.54) is 12.5 Å². The van der Waals surface area contributed by atoms with Gasteiger partial charge < -0.3 is 163 Å². The van der Waals surface area contributed by atoms with Crippen LogP contribution in [-0.2, 0) is 71.1 Å². The summed E-state index contributed by atoms with van der Waals surface area (Å²) in [5, 5.41) is 206. The number of rotatable bonds is 17. The fourth-order valence-corrected chi connectivity index (χ4v) is 19.9. The average Bonchev–Trinajstić information content (AvgIpc) is 0.675. The molecule has 34 nitrogen and oxygen atoms in total. The van der Waals surface area contributed by atoms with Crippen LogP contribution >= 0.6 is 0 Å². The molecule has 12 aliphatic rings. The molecule has 0 amide bonds. The van der Waals surface area contributed by atoms with Crippen LogP contribution in [0.2, 0.25) is 0 Å². The molecule has 0 radical (unpaired) electrons. The largest absolute Gasteiger partial charge is 0.432 e. The van der Waals surface area contributed by atoms with Crippen LogP contribution in [0.25, 0.3) is 0 Å². The Morgan fingerprint density at radius 3 is 1.70 bits per heavy atom. The van der Waals surface area contributed by atoms with Crippen molar-refractivity contribution < 1.29 is 168 Å². The van der Waals surface area contributed by atoms with Crippen LogP contribution in [0.4, 0.5) is 0 Å². The van der Waals surface area contributed by atoms with Gasteiger partial charge in [0.2, 0.25) is 6.29 Å². The third kappa shape index (κ3) is 14.3. The molecule has 592 valence electrons. The molecule has 11 fully saturated rings. The maximum atomic E-state index is 15.2. The minimum Gasteiger partial charge on any atom is -0.432 e. The number of carbonyl (C=O) groups is 1. The van der Waals surface area contributed by atoms with E-state index in [-0.39, 0.29) is 40.6 Å². The van der Waals surface area contributed by atoms with Gasteiger partial charge in [-0.05, 0) is 116 Å². The Bertz CT molecular complexity index is 2910. The first-order chi connectivity index (χ1) is 48.4. The second-order valence-electron chi connectivity index (χ2n) is 33.4. The highest BCUT2D eigenvalue weighted by Crippen LogP contribution is 2.76. The Labute approximate surface area is 596 Å². The predicted molar refractivity (Wildman–Crippen MR) is 341 cm³/mol. The summed E-state index contributed by atoms with van der Waals surface area (Å²) in [5.41, 5.74) is -1.51. The van der Waals surface area contributed by atoms with E-state index in [9.17, 15) is 97.0 Å². The van der Waals surface area contributed by atoms with Crippen LogP contribution in [0.15, 0.2) is 11.6 Å². The molecular weight excluding hydrogens is 1370 g/mol. The summed E-state index contributed by atoms with van der Waals surface area (Å²) in [4.78, 5) is 15.2. The normalized spacial score (nSPS) is 54.3. The van der Waals surface area contributed by atoms with Crippen molar-refractivity contribution in [1.82, 2.24) is 0 Å². The Hall–Kier alpha value is -2.07. The van der Waals surface area contributed by atoms with E-state index in [4.69, 9.17) is 66.3 Å². The van der Waals surface area contributed by atoms with E-state index in [0.29, 0.717) is 44.9 Å². The molecule has 0 aromatic rings. The second kappa shape index (κ2) is 30.5. The molecular formula is C69H112O34. The number of aliphatic hydroxyl groups is 19. The van der Waals surface area contributed by atoms with Crippen LogP contribution in [0.5, 0.6) is 0 Å². The molecule has 4 saturated carbocycles. The van der Waals surface area contributed by atoms with Crippen LogP contribution in [0.1, 0.15) is 120 Å². The van der Waals surface area contributed by atoms with Crippen molar-refractivity contribution in [2.75, 3.05) is 39.6 Å². The molecule has 0 bridgehead atoms. The summed E-state index contributed by atoms with van der Waals surface area (Å²) in [6.07, 6.45) is -44.8. The van der Waals surface area contributed by atoms with E-state index in [0.717, 1.165) is 19.3 Å². The molecule has 5 aliphatic carbocycles. The summed E-state index contributed by atoms with van der Waals surface area (Å²) in [5.74, 6) is -0.653. The number of esters is 1. The highest BCUT2D eigenvalue weighted by Gasteiger charge is 2.71. The number of allylic oxidation sites excluding steroid dienone is 2. The van der Waals surface area contributed by atoms with Crippen LogP contribution in [-0.4, -0.2) is 345 Å². The van der Waals surface area contributed by atoms with Crippen LogP contribution in [0, 0.1) is 50.2 Å². The van der Waals surface area contributed by atoms with Crippen molar-refractivity contribution >= 4 is 5.97 Å². The van der Waals surface area contributed by atoms with Gasteiger partial charge in [-0.3, -0.25) is 4.79 Å². The zero-order valence-electron chi connectivity index (χ0n) is 59.3. The van der Waals surface area contributed by atoms with Crippen LogP contribution in [0.3, 0.4) is 0 Å². The van der Waals surface area contributed by atoms with E-state index < -0.39 is 258 Å². The van der Waals surface area contributed by atoms with Crippen molar-refractivity contribution in [2.24, 2.45) is 50.2 Å². The standard InChI is InChI=1S/C69H112O34/c1-26-38(74)54(101-58-48(84)43(79)34(25-93-58)97-59-51(87)46(82)53(32(21-71)96-59)100-57-47(83)39(75)29(72)22-90-57)52(88)61(94-26)102-55-40(76)30(73)23-91-62(55)99-37-12-13-66(6)35(65(37,4)5)11-14-68(8)36(66)10-9-27-28-19-64(2,3)15-17-69(28,18-16-67(27,68)7)63(89)103-60-50(86)45(81)42(78)33(98-60)24-92-56-49(85)44(80)41(77)31(20-70)95-56/h9,26,28-62,70-88H,10-25H2,1-8H3/t26-,28-,29+,30-,31+,32+,33+,34+,35-,36+,37-,38-,39-,40-,41+,42+,43-,44-,45-,46+,47+,48+,49+,50+,51+,52+,53+,54+,55+,56+,57-,58-,59-,60-,61-,62-,66-,67+,68+,69-/m0/s1. The van der Waals surface area contributed by atoms with E-state index in [2.05, 4.69) is 54.5 Å². The lowest BCUT2D eigenvalue weighted by molar-refractivity contribution is -0.385. The summed E-state index contributed by atoms with van der Waals surface area (Å²) in [7, 11) is 0. The van der Waals surface area contributed by atoms with Gasteiger partial charge in [0.05, 0.1) is 57.3 Å². The third-order valence-electron chi connectivity index (χ3n) is 26.5. The first-order valence-electron chi connectivity index (χ1n) is 36.4. The smallest absolute Gasteiger partial charge is 0.315 e. The van der Waals surface area contributed by atoms with Crippen molar-refractivity contribution in [3.8, 4) is 0 Å². The molecule has 7 heterocycles. The molecule has 7 aliphatic heterocycles. The summed E-state index contributed by atoms with van der Waals surface area (Å²) >= 11 is 0. The maximum Gasteiger partial charge on any atom is 0.315 e. The zero-order chi connectivity index (χ0) is 74.9. The molecule has 0 unspecified atom stereocenters. The topological polar surface area (TPSA) is 531 Å². The summed E-state index contributed by atoms with van der Waals surface area (Å²) in [6, 6.07) is 0. The highest BCUT2D eigenvalue weighted by molar-refractivity contribution is 5.79. The van der Waals surface area contributed by atoms with Crippen LogP contribution < -0.4 is 0 Å². The first kappa shape index (κ1) is 80.4. The Morgan fingerprint density at radius 2 is 1.02 bits per heavy atom. The van der Waals surface area contributed by atoms with E-state index in [1.54, 1.807) is 0 Å². The molecule has 103 heavy (non-hydrogen) atoms. The fraction of sp³-hybridized carbons (Fsp3) is 0.957. The van der Waals surface area contributed by atoms with Gasteiger partial charge in [-0.25, -0.2) is 0 Å². The Morgan fingerprint density at radius 1 is 0.466 bits per heavy atom. The van der Waals surface area contributed by atoms with Gasteiger partial charge in [0, 0.05) is 0 Å². The number of hydrogen-bond acceptors (Lipinski definition) is 34. The molecule has 40 atom stereocenters. The highest BCUT2D eigenvalue weighted by atomic mass is 16.8. The monoisotopic (exact) mass is 1480 g/mol. The van der Waals surface area contributed by atoms with Crippen molar-refractivity contribution in [3.63, 3.8) is 0 Å². The number of fused-ring (bicyclic) bond motifs is 7. The Balaban J connectivity index is 0.689. The van der Waals surface area contributed by atoms with E-state index in [1.807, 2.05) is 0 Å². The van der Waals surface area contributed by atoms with Crippen molar-refractivity contribution in [1.29, 1.82) is 0 Å². The minimum absolute atomic E-state index is 0.0728. The van der Waals surface area contributed by atoms with Gasteiger partial charge >= 0.3 is 5.97 Å². The molecule has 0 aromatic carbocycles. The third-order valence-corrected chi connectivity index (χ3v) is 26.5. The molecule has 7 saturated heterocycles. The van der Waals surface area contributed by atoms with Gasteiger partial charge in [-0.2, -0.15) is 0 Å². The Kier molecular flexibility index (Phi) is 23.9.